The van der Waals surface area contributed by atoms with E-state index >= 15 is 0 Å². The van der Waals surface area contributed by atoms with Crippen molar-refractivity contribution in [2.45, 2.75) is 38.6 Å². The van der Waals surface area contributed by atoms with Crippen LogP contribution in [0.2, 0.25) is 0 Å². The fraction of sp³-hybridized carbons (Fsp3) is 0.364. The standard InChI is InChI=1S/C22H27N3O3/c1-28-20-12-11-18(24-21(26)17-9-7-15(14-23)8-10-17)13-19(20)25-22(27)16-5-3-2-4-6-16/h7-13,16H,2-6,14,23H2,1H3,(H,24,26)(H,25,27). The van der Waals surface area contributed by atoms with Crippen molar-refractivity contribution in [1.29, 1.82) is 0 Å². The third-order valence-electron chi connectivity index (χ3n) is 5.14. The smallest absolute Gasteiger partial charge is 0.255 e. The molecule has 2 aromatic rings. The largest absolute Gasteiger partial charge is 0.495 e. The second-order valence-corrected chi connectivity index (χ2v) is 7.09. The van der Waals surface area contributed by atoms with Gasteiger partial charge in [0.25, 0.3) is 5.91 Å². The summed E-state index contributed by atoms with van der Waals surface area (Å²) in [6.07, 6.45) is 5.22. The van der Waals surface area contributed by atoms with Crippen molar-refractivity contribution in [3.63, 3.8) is 0 Å². The zero-order chi connectivity index (χ0) is 19.9. The molecule has 28 heavy (non-hydrogen) atoms. The van der Waals surface area contributed by atoms with Gasteiger partial charge in [-0.2, -0.15) is 0 Å². The highest BCUT2D eigenvalue weighted by Crippen LogP contribution is 2.30. The van der Waals surface area contributed by atoms with Gasteiger partial charge in [0.2, 0.25) is 5.91 Å². The fourth-order valence-corrected chi connectivity index (χ4v) is 3.48. The average molecular weight is 381 g/mol. The minimum atomic E-state index is -0.224. The van der Waals surface area contributed by atoms with Crippen LogP contribution in [-0.2, 0) is 11.3 Å². The van der Waals surface area contributed by atoms with E-state index in [1.165, 1.54) is 6.42 Å². The van der Waals surface area contributed by atoms with Crippen molar-refractivity contribution in [1.82, 2.24) is 0 Å². The molecule has 0 saturated heterocycles. The number of methoxy groups -OCH3 is 1. The zero-order valence-electron chi connectivity index (χ0n) is 16.2. The van der Waals surface area contributed by atoms with E-state index in [0.717, 1.165) is 31.2 Å². The molecule has 0 aromatic heterocycles. The Labute approximate surface area is 165 Å². The molecule has 148 valence electrons. The molecule has 3 rings (SSSR count). The first kappa shape index (κ1) is 19.9. The van der Waals surface area contributed by atoms with Gasteiger partial charge >= 0.3 is 0 Å². The van der Waals surface area contributed by atoms with Crippen LogP contribution in [0.25, 0.3) is 0 Å². The topological polar surface area (TPSA) is 93.4 Å². The SMILES string of the molecule is COc1ccc(NC(=O)c2ccc(CN)cc2)cc1NC(=O)C1CCCCC1. The Morgan fingerprint density at radius 2 is 1.75 bits per heavy atom. The number of hydrogen-bond acceptors (Lipinski definition) is 4. The molecule has 1 fully saturated rings. The van der Waals surface area contributed by atoms with Crippen LogP contribution in [-0.4, -0.2) is 18.9 Å². The number of nitrogens with two attached hydrogens (primary N) is 1. The highest BCUT2D eigenvalue weighted by Gasteiger charge is 2.22. The Morgan fingerprint density at radius 1 is 1.04 bits per heavy atom. The number of anilines is 2. The number of benzene rings is 2. The number of rotatable bonds is 6. The van der Waals surface area contributed by atoms with Crippen LogP contribution in [0.15, 0.2) is 42.5 Å². The molecule has 0 aliphatic heterocycles. The van der Waals surface area contributed by atoms with Crippen LogP contribution in [0.1, 0.15) is 48.0 Å². The molecular weight excluding hydrogens is 354 g/mol. The summed E-state index contributed by atoms with van der Waals surface area (Å²) in [5.74, 6) is 0.393. The minimum Gasteiger partial charge on any atom is -0.495 e. The van der Waals surface area contributed by atoms with Crippen molar-refractivity contribution in [2.75, 3.05) is 17.7 Å². The van der Waals surface area contributed by atoms with Crippen LogP contribution in [0.3, 0.4) is 0 Å². The molecule has 0 heterocycles. The number of nitrogens with one attached hydrogen (secondary N) is 2. The van der Waals surface area contributed by atoms with Crippen LogP contribution >= 0.6 is 0 Å². The molecule has 1 aliphatic rings. The van der Waals surface area contributed by atoms with Crippen molar-refractivity contribution in [3.05, 3.63) is 53.6 Å². The maximum absolute atomic E-state index is 12.6. The predicted molar refractivity (Wildman–Crippen MR) is 110 cm³/mol. The molecule has 0 bridgehead atoms. The second kappa shape index (κ2) is 9.37. The third kappa shape index (κ3) is 4.89. The lowest BCUT2D eigenvalue weighted by Crippen LogP contribution is -2.25. The Balaban J connectivity index is 1.72. The minimum absolute atomic E-state index is 0.0128. The number of carbonyl (C=O) groups excluding carboxylic acids is 2. The van der Waals surface area contributed by atoms with Gasteiger partial charge in [-0.15, -0.1) is 0 Å². The number of amides is 2. The molecule has 0 spiro atoms. The Kier molecular flexibility index (Phi) is 6.66. The van der Waals surface area contributed by atoms with Crippen molar-refractivity contribution >= 4 is 23.2 Å². The van der Waals surface area contributed by atoms with Gasteiger partial charge in [-0.05, 0) is 48.7 Å². The molecule has 1 saturated carbocycles. The van der Waals surface area contributed by atoms with Crippen LogP contribution < -0.4 is 21.1 Å². The molecule has 1 aliphatic carbocycles. The van der Waals surface area contributed by atoms with Gasteiger partial charge in [-0.25, -0.2) is 0 Å². The summed E-state index contributed by atoms with van der Waals surface area (Å²) in [5, 5.41) is 5.83. The van der Waals surface area contributed by atoms with Crippen LogP contribution in [0.5, 0.6) is 5.75 Å². The van der Waals surface area contributed by atoms with Gasteiger partial charge in [0.05, 0.1) is 12.8 Å². The first-order valence-corrected chi connectivity index (χ1v) is 9.70. The van der Waals surface area contributed by atoms with Crippen molar-refractivity contribution in [3.8, 4) is 5.75 Å². The monoisotopic (exact) mass is 381 g/mol. The molecule has 2 aromatic carbocycles. The molecule has 0 radical (unpaired) electrons. The summed E-state index contributed by atoms with van der Waals surface area (Å²) in [7, 11) is 1.56. The molecule has 6 heteroatoms. The van der Waals surface area contributed by atoms with E-state index in [4.69, 9.17) is 10.5 Å². The van der Waals surface area contributed by atoms with Gasteiger partial charge in [0.1, 0.15) is 5.75 Å². The van der Waals surface area contributed by atoms with Gasteiger partial charge in [0.15, 0.2) is 0 Å². The number of ether oxygens (including phenoxy) is 1. The highest BCUT2D eigenvalue weighted by atomic mass is 16.5. The predicted octanol–water partition coefficient (Wildman–Crippen LogP) is 3.93. The normalized spacial score (nSPS) is 14.4. The molecule has 6 nitrogen and oxygen atoms in total. The molecule has 2 amide bonds. The Bertz CT molecular complexity index is 827. The van der Waals surface area contributed by atoms with Gasteiger partial charge in [-0.3, -0.25) is 9.59 Å². The van der Waals surface area contributed by atoms with Gasteiger partial charge in [0, 0.05) is 23.7 Å². The molecule has 0 unspecified atom stereocenters. The van der Waals surface area contributed by atoms with Crippen LogP contribution in [0.4, 0.5) is 11.4 Å². The summed E-state index contributed by atoms with van der Waals surface area (Å²) in [4.78, 5) is 25.1. The molecular formula is C22H27N3O3. The summed E-state index contributed by atoms with van der Waals surface area (Å²) in [6.45, 7) is 0.435. The summed E-state index contributed by atoms with van der Waals surface area (Å²) < 4.78 is 5.36. The maximum Gasteiger partial charge on any atom is 0.255 e. The second-order valence-electron chi connectivity index (χ2n) is 7.09. The summed E-state index contributed by atoms with van der Waals surface area (Å²) >= 11 is 0. The van der Waals surface area contributed by atoms with E-state index in [2.05, 4.69) is 10.6 Å². The van der Waals surface area contributed by atoms with Gasteiger partial charge < -0.3 is 21.1 Å². The van der Waals surface area contributed by atoms with Crippen LogP contribution in [0, 0.1) is 5.92 Å². The lowest BCUT2D eigenvalue weighted by Gasteiger charge is -2.21. The van der Waals surface area contributed by atoms with E-state index in [9.17, 15) is 9.59 Å². The summed E-state index contributed by atoms with van der Waals surface area (Å²) in [5.41, 5.74) is 8.25. The van der Waals surface area contributed by atoms with Crippen molar-refractivity contribution < 1.29 is 14.3 Å². The third-order valence-corrected chi connectivity index (χ3v) is 5.14. The lowest BCUT2D eigenvalue weighted by atomic mass is 9.88. The quantitative estimate of drug-likeness (QED) is 0.707. The van der Waals surface area contributed by atoms with E-state index in [1.807, 2.05) is 12.1 Å². The highest BCUT2D eigenvalue weighted by molar-refractivity contribution is 6.05. The fourth-order valence-electron chi connectivity index (χ4n) is 3.48. The molecule has 0 atom stereocenters. The first-order chi connectivity index (χ1) is 13.6. The lowest BCUT2D eigenvalue weighted by molar-refractivity contribution is -0.120. The van der Waals surface area contributed by atoms with E-state index in [0.29, 0.717) is 29.2 Å². The average Bonchev–Trinajstić information content (AvgIpc) is 2.74. The van der Waals surface area contributed by atoms with E-state index in [-0.39, 0.29) is 17.7 Å². The Morgan fingerprint density at radius 3 is 2.39 bits per heavy atom. The first-order valence-electron chi connectivity index (χ1n) is 9.70. The van der Waals surface area contributed by atoms with E-state index in [1.54, 1.807) is 37.4 Å². The Hall–Kier alpha value is -2.86. The maximum atomic E-state index is 12.6. The van der Waals surface area contributed by atoms with E-state index < -0.39 is 0 Å². The van der Waals surface area contributed by atoms with Gasteiger partial charge in [-0.1, -0.05) is 31.4 Å². The number of carbonyl (C=O) groups is 2. The van der Waals surface area contributed by atoms with Crippen molar-refractivity contribution in [2.24, 2.45) is 11.7 Å². The zero-order valence-corrected chi connectivity index (χ0v) is 16.2. The summed E-state index contributed by atoms with van der Waals surface area (Å²) in [6, 6.07) is 12.4. The molecule has 4 N–H and O–H groups in total. The number of hydrogen-bond donors (Lipinski definition) is 3.